The van der Waals surface area contributed by atoms with Gasteiger partial charge in [0.15, 0.2) is 0 Å². The van der Waals surface area contributed by atoms with E-state index >= 15 is 0 Å². The van der Waals surface area contributed by atoms with Crippen LogP contribution in [-0.2, 0) is 0 Å². The maximum Gasteiger partial charge on any atom is 0.0967 e. The van der Waals surface area contributed by atoms with Crippen molar-refractivity contribution in [3.05, 3.63) is 53.3 Å². The first-order valence-electron chi connectivity index (χ1n) is 8.22. The maximum absolute atomic E-state index is 10.0. The second kappa shape index (κ2) is 7.81. The van der Waals surface area contributed by atoms with Crippen molar-refractivity contribution in [1.82, 2.24) is 4.98 Å². The highest BCUT2D eigenvalue weighted by Gasteiger charge is 2.16. The molecule has 25 heavy (non-hydrogen) atoms. The van der Waals surface area contributed by atoms with Crippen molar-refractivity contribution in [1.29, 1.82) is 0 Å². The number of aliphatic imine (C=N–C) groups is 1. The molecule has 0 unspecified atom stereocenters. The number of aromatic nitrogens is 1. The Morgan fingerprint density at radius 1 is 1.40 bits per heavy atom. The van der Waals surface area contributed by atoms with E-state index in [2.05, 4.69) is 23.0 Å². The summed E-state index contributed by atoms with van der Waals surface area (Å²) in [5.41, 5.74) is 8.97. The Bertz CT molecular complexity index is 861. The van der Waals surface area contributed by atoms with E-state index in [1.54, 1.807) is 33.2 Å². The summed E-state index contributed by atoms with van der Waals surface area (Å²) in [6.07, 6.45) is 8.30. The van der Waals surface area contributed by atoms with Crippen molar-refractivity contribution in [2.24, 2.45) is 4.99 Å². The van der Waals surface area contributed by atoms with Crippen LogP contribution in [0, 0.1) is 0 Å². The Morgan fingerprint density at radius 2 is 2.12 bits per heavy atom. The maximum atomic E-state index is 10.0. The number of halogens is 1. The first-order chi connectivity index (χ1) is 11.7. The third-order valence-corrected chi connectivity index (χ3v) is 4.31. The van der Waals surface area contributed by atoms with Gasteiger partial charge >= 0.3 is 0 Å². The molecule has 132 valence electrons. The summed E-state index contributed by atoms with van der Waals surface area (Å²) in [4.78, 5) is 8.73. The number of fused-ring (bicyclic) bond motifs is 1. The van der Waals surface area contributed by atoms with Gasteiger partial charge in [-0.1, -0.05) is 36.7 Å². The number of nitrogens with two attached hydrogens (primary N) is 1. The molecule has 3 N–H and O–H groups in total. The van der Waals surface area contributed by atoms with Crippen LogP contribution in [-0.4, -0.2) is 21.4 Å². The molecule has 4 nitrogen and oxygen atoms in total. The van der Waals surface area contributed by atoms with E-state index < -0.39 is 5.60 Å². The minimum absolute atomic E-state index is 0.440. The molecule has 1 aromatic carbocycles. The van der Waals surface area contributed by atoms with Gasteiger partial charge in [0.1, 0.15) is 0 Å². The van der Waals surface area contributed by atoms with Gasteiger partial charge in [0, 0.05) is 23.5 Å². The fourth-order valence-corrected chi connectivity index (χ4v) is 2.30. The monoisotopic (exact) mass is 357 g/mol. The molecule has 5 heteroatoms. The van der Waals surface area contributed by atoms with Gasteiger partial charge in [0.2, 0.25) is 0 Å². The molecule has 0 saturated heterocycles. The van der Waals surface area contributed by atoms with Crippen LogP contribution in [0.1, 0.15) is 39.7 Å². The van der Waals surface area contributed by atoms with Crippen LogP contribution >= 0.6 is 11.6 Å². The van der Waals surface area contributed by atoms with Crippen LogP contribution in [0.15, 0.2) is 47.7 Å². The van der Waals surface area contributed by atoms with E-state index in [1.807, 2.05) is 24.3 Å². The predicted octanol–water partition coefficient (Wildman–Crippen LogP) is 5.01. The summed E-state index contributed by atoms with van der Waals surface area (Å²) in [5.74, 6) is 0. The Labute approximate surface area is 153 Å². The number of nitrogens with zero attached hydrogens (tertiary/aromatic N) is 2. The number of nitrogen functional groups attached to an aromatic ring is 1. The first-order valence-corrected chi connectivity index (χ1v) is 8.60. The van der Waals surface area contributed by atoms with Gasteiger partial charge < -0.3 is 10.8 Å². The molecule has 0 atom stereocenters. The molecule has 1 aromatic heterocycles. The second-order valence-electron chi connectivity index (χ2n) is 6.42. The summed E-state index contributed by atoms with van der Waals surface area (Å²) in [6.45, 7) is 7.30. The lowest BCUT2D eigenvalue weighted by molar-refractivity contribution is 0.153. The minimum Gasteiger partial charge on any atom is -0.397 e. The summed E-state index contributed by atoms with van der Waals surface area (Å²) in [6, 6.07) is 5.85. The molecule has 0 aliphatic carbocycles. The standard InChI is InChI=1S/C20H24ClN3O/c1-5-6-7-15(11-23-13(2)20(3,4)25)14-8-9-18-16(10-14)19(22)17(21)12-24-18/h6-12,25H,5H2,1-4H3,(H2,22,24)/b7-6+,15-11+,23-13?. The van der Waals surface area contributed by atoms with Gasteiger partial charge in [0.25, 0.3) is 0 Å². The summed E-state index contributed by atoms with van der Waals surface area (Å²) in [5, 5.41) is 11.3. The fourth-order valence-electron chi connectivity index (χ4n) is 2.15. The second-order valence-corrected chi connectivity index (χ2v) is 6.83. The zero-order chi connectivity index (χ0) is 18.6. The first kappa shape index (κ1) is 19.2. The number of hydrogen-bond donors (Lipinski definition) is 2. The third-order valence-electron chi connectivity index (χ3n) is 4.01. The topological polar surface area (TPSA) is 71.5 Å². The number of allylic oxidation sites excluding steroid dienone is 3. The zero-order valence-corrected chi connectivity index (χ0v) is 15.8. The molecule has 2 aromatic rings. The van der Waals surface area contributed by atoms with E-state index in [9.17, 15) is 5.11 Å². The molecule has 0 saturated carbocycles. The number of aliphatic hydroxyl groups is 1. The van der Waals surface area contributed by atoms with Gasteiger partial charge in [0.05, 0.1) is 21.8 Å². The quantitative estimate of drug-likeness (QED) is 0.583. The summed E-state index contributed by atoms with van der Waals surface area (Å²) in [7, 11) is 0. The van der Waals surface area contributed by atoms with Gasteiger partial charge in [-0.05, 0) is 50.5 Å². The van der Waals surface area contributed by atoms with Crippen molar-refractivity contribution in [3.63, 3.8) is 0 Å². The average Bonchev–Trinajstić information content (AvgIpc) is 2.57. The summed E-state index contributed by atoms with van der Waals surface area (Å²) >= 11 is 6.09. The lowest BCUT2D eigenvalue weighted by Gasteiger charge is -2.16. The Hall–Kier alpha value is -2.17. The normalized spacial score (nSPS) is 13.8. The Morgan fingerprint density at radius 3 is 2.76 bits per heavy atom. The van der Waals surface area contributed by atoms with Gasteiger partial charge in [-0.15, -0.1) is 0 Å². The molecule has 0 bridgehead atoms. The number of rotatable bonds is 5. The Balaban J connectivity index is 2.57. The van der Waals surface area contributed by atoms with Crippen molar-refractivity contribution in [3.8, 4) is 0 Å². The van der Waals surface area contributed by atoms with E-state index in [4.69, 9.17) is 17.3 Å². The van der Waals surface area contributed by atoms with Crippen LogP contribution < -0.4 is 5.73 Å². The molecule has 0 radical (unpaired) electrons. The van der Waals surface area contributed by atoms with Crippen LogP contribution in [0.5, 0.6) is 0 Å². The molecule has 0 spiro atoms. The van der Waals surface area contributed by atoms with Gasteiger partial charge in [-0.3, -0.25) is 9.98 Å². The molecule has 0 aliphatic heterocycles. The predicted molar refractivity (Wildman–Crippen MR) is 108 cm³/mol. The van der Waals surface area contributed by atoms with Crippen molar-refractivity contribution < 1.29 is 5.11 Å². The van der Waals surface area contributed by atoms with Crippen LogP contribution in [0.25, 0.3) is 16.5 Å². The molecule has 0 fully saturated rings. The van der Waals surface area contributed by atoms with Crippen molar-refractivity contribution in [2.45, 2.75) is 39.7 Å². The molecule has 2 rings (SSSR count). The van der Waals surface area contributed by atoms with Crippen LogP contribution in [0.4, 0.5) is 5.69 Å². The number of benzene rings is 1. The molecule has 1 heterocycles. The highest BCUT2D eigenvalue weighted by molar-refractivity contribution is 6.34. The largest absolute Gasteiger partial charge is 0.397 e. The summed E-state index contributed by atoms with van der Waals surface area (Å²) < 4.78 is 0. The van der Waals surface area contributed by atoms with Crippen LogP contribution in [0.2, 0.25) is 5.02 Å². The lowest BCUT2D eigenvalue weighted by Crippen LogP contribution is -2.28. The van der Waals surface area contributed by atoms with E-state index in [-0.39, 0.29) is 0 Å². The molecule has 0 aliphatic rings. The van der Waals surface area contributed by atoms with Crippen molar-refractivity contribution in [2.75, 3.05) is 5.73 Å². The molecule has 0 amide bonds. The van der Waals surface area contributed by atoms with E-state index in [0.717, 1.165) is 28.5 Å². The van der Waals surface area contributed by atoms with E-state index in [1.165, 1.54) is 0 Å². The van der Waals surface area contributed by atoms with Crippen LogP contribution in [0.3, 0.4) is 0 Å². The Kier molecular flexibility index (Phi) is 5.98. The smallest absolute Gasteiger partial charge is 0.0967 e. The molecular formula is C20H24ClN3O. The SMILES string of the molecule is CC/C=C/C(=C\N=C(C)C(C)(C)O)c1ccc2ncc(Cl)c(N)c2c1. The van der Waals surface area contributed by atoms with Crippen molar-refractivity contribution >= 4 is 39.5 Å². The van der Waals surface area contributed by atoms with Gasteiger partial charge in [-0.25, -0.2) is 0 Å². The highest BCUT2D eigenvalue weighted by atomic mass is 35.5. The number of hydrogen-bond acceptors (Lipinski definition) is 4. The number of pyridine rings is 1. The third kappa shape index (κ3) is 4.68. The zero-order valence-electron chi connectivity index (χ0n) is 15.0. The number of anilines is 1. The van der Waals surface area contributed by atoms with E-state index in [0.29, 0.717) is 16.4 Å². The lowest BCUT2D eigenvalue weighted by atomic mass is 10.0. The fraction of sp³-hybridized carbons (Fsp3) is 0.300. The highest BCUT2D eigenvalue weighted by Crippen LogP contribution is 2.29. The van der Waals surface area contributed by atoms with Gasteiger partial charge in [-0.2, -0.15) is 0 Å². The molecular weight excluding hydrogens is 334 g/mol. The minimum atomic E-state index is -0.957. The average molecular weight is 358 g/mol.